The maximum atomic E-state index is 14.6. The number of nitrogens with one attached hydrogen (secondary N) is 1. The molecule has 9 heteroatoms. The lowest BCUT2D eigenvalue weighted by Crippen LogP contribution is -2.33. The summed E-state index contributed by atoms with van der Waals surface area (Å²) in [5.74, 6) is -2.80. The standard InChI is InChI=1S/C18H21F2N3O4/c1-27-15(24)6-5-14-17(25)23(18(26)21-14)11-9-12(19)16(13(20)10-11)22-7-3-2-4-8-22/h9-10,14H,2-8H2,1H3,(H,21,26)/t14-/m1/s1. The predicted octanol–water partition coefficient (Wildman–Crippen LogP) is 2.33. The third-order valence-electron chi connectivity index (χ3n) is 4.82. The van der Waals surface area contributed by atoms with Crippen LogP contribution in [0.1, 0.15) is 32.1 Å². The summed E-state index contributed by atoms with van der Waals surface area (Å²) in [7, 11) is 1.22. The smallest absolute Gasteiger partial charge is 0.329 e. The van der Waals surface area contributed by atoms with Gasteiger partial charge in [-0.3, -0.25) is 9.59 Å². The number of urea groups is 1. The number of halogens is 2. The first kappa shape index (κ1) is 19.1. The van der Waals surface area contributed by atoms with E-state index in [0.717, 1.165) is 31.4 Å². The maximum absolute atomic E-state index is 14.6. The normalized spacial score (nSPS) is 20.0. The van der Waals surface area contributed by atoms with Crippen LogP contribution in [0.4, 0.5) is 25.0 Å². The highest BCUT2D eigenvalue weighted by Gasteiger charge is 2.39. The summed E-state index contributed by atoms with van der Waals surface area (Å²) in [5.41, 5.74) is -0.304. The molecule has 0 unspecified atom stereocenters. The predicted molar refractivity (Wildman–Crippen MR) is 93.5 cm³/mol. The Labute approximate surface area is 155 Å². The van der Waals surface area contributed by atoms with Gasteiger partial charge in [0.2, 0.25) is 0 Å². The molecule has 2 saturated heterocycles. The van der Waals surface area contributed by atoms with Crippen molar-refractivity contribution in [3.63, 3.8) is 0 Å². The molecule has 27 heavy (non-hydrogen) atoms. The van der Waals surface area contributed by atoms with E-state index in [0.29, 0.717) is 18.0 Å². The minimum Gasteiger partial charge on any atom is -0.469 e. The Morgan fingerprint density at radius 2 is 1.81 bits per heavy atom. The van der Waals surface area contributed by atoms with Crippen molar-refractivity contribution in [3.8, 4) is 0 Å². The Hall–Kier alpha value is -2.71. The van der Waals surface area contributed by atoms with Gasteiger partial charge in [0.25, 0.3) is 5.91 Å². The highest BCUT2D eigenvalue weighted by Crippen LogP contribution is 2.32. The Kier molecular flexibility index (Phi) is 5.57. The van der Waals surface area contributed by atoms with Crippen LogP contribution in [0.2, 0.25) is 0 Å². The van der Waals surface area contributed by atoms with Crippen molar-refractivity contribution in [2.24, 2.45) is 0 Å². The molecule has 146 valence electrons. The number of benzene rings is 1. The van der Waals surface area contributed by atoms with Crippen molar-refractivity contribution < 1.29 is 27.9 Å². The van der Waals surface area contributed by atoms with E-state index in [-0.39, 0.29) is 24.2 Å². The molecule has 1 N–H and O–H groups in total. The molecule has 0 aliphatic carbocycles. The average molecular weight is 381 g/mol. The van der Waals surface area contributed by atoms with Gasteiger partial charge in [0.1, 0.15) is 11.7 Å². The summed E-state index contributed by atoms with van der Waals surface area (Å²) < 4.78 is 33.7. The lowest BCUT2D eigenvalue weighted by molar-refractivity contribution is -0.140. The van der Waals surface area contributed by atoms with Crippen molar-refractivity contribution in [1.82, 2.24) is 5.32 Å². The van der Waals surface area contributed by atoms with Crippen LogP contribution in [-0.2, 0) is 14.3 Å². The fraction of sp³-hybridized carbons (Fsp3) is 0.500. The van der Waals surface area contributed by atoms with Crippen molar-refractivity contribution >= 4 is 29.3 Å². The van der Waals surface area contributed by atoms with Crippen LogP contribution in [0.25, 0.3) is 0 Å². The van der Waals surface area contributed by atoms with E-state index in [9.17, 15) is 23.2 Å². The minimum atomic E-state index is -0.940. The number of ether oxygens (including phenoxy) is 1. The topological polar surface area (TPSA) is 79.0 Å². The van der Waals surface area contributed by atoms with E-state index < -0.39 is 35.6 Å². The number of imide groups is 1. The lowest BCUT2D eigenvalue weighted by atomic mass is 10.1. The molecule has 3 rings (SSSR count). The molecule has 0 radical (unpaired) electrons. The molecule has 7 nitrogen and oxygen atoms in total. The van der Waals surface area contributed by atoms with Crippen LogP contribution in [0.5, 0.6) is 0 Å². The number of piperidine rings is 1. The molecule has 3 amide bonds. The Balaban J connectivity index is 1.80. The molecule has 2 aliphatic heterocycles. The Bertz CT molecular complexity index is 742. The van der Waals surface area contributed by atoms with Gasteiger partial charge in [0.15, 0.2) is 11.6 Å². The van der Waals surface area contributed by atoms with Gasteiger partial charge in [-0.1, -0.05) is 0 Å². The second kappa shape index (κ2) is 7.89. The number of carbonyl (C=O) groups excluding carboxylic acids is 3. The zero-order valence-corrected chi connectivity index (χ0v) is 15.0. The molecule has 0 spiro atoms. The fourth-order valence-electron chi connectivity index (χ4n) is 3.44. The summed E-state index contributed by atoms with van der Waals surface area (Å²) >= 11 is 0. The molecule has 0 aromatic heterocycles. The monoisotopic (exact) mass is 381 g/mol. The fourth-order valence-corrected chi connectivity index (χ4v) is 3.44. The van der Waals surface area contributed by atoms with Crippen LogP contribution < -0.4 is 15.1 Å². The molecule has 0 saturated carbocycles. The maximum Gasteiger partial charge on any atom is 0.329 e. The second-order valence-corrected chi connectivity index (χ2v) is 6.60. The van der Waals surface area contributed by atoms with Gasteiger partial charge >= 0.3 is 12.0 Å². The highest BCUT2D eigenvalue weighted by atomic mass is 19.1. The third kappa shape index (κ3) is 3.86. The number of amides is 3. The quantitative estimate of drug-likeness (QED) is 0.626. The van der Waals surface area contributed by atoms with E-state index in [2.05, 4.69) is 10.1 Å². The van der Waals surface area contributed by atoms with Gasteiger partial charge in [0, 0.05) is 31.6 Å². The van der Waals surface area contributed by atoms with Gasteiger partial charge in [-0.05, 0) is 25.7 Å². The summed E-state index contributed by atoms with van der Waals surface area (Å²) in [6, 6.07) is 0.268. The van der Waals surface area contributed by atoms with E-state index >= 15 is 0 Å². The summed E-state index contributed by atoms with van der Waals surface area (Å²) in [4.78, 5) is 38.2. The van der Waals surface area contributed by atoms with E-state index in [1.807, 2.05) is 0 Å². The molecular weight excluding hydrogens is 360 g/mol. The van der Waals surface area contributed by atoms with E-state index in [1.165, 1.54) is 7.11 Å². The van der Waals surface area contributed by atoms with Crippen molar-refractivity contribution in [3.05, 3.63) is 23.8 Å². The van der Waals surface area contributed by atoms with Crippen molar-refractivity contribution in [2.75, 3.05) is 30.0 Å². The number of anilines is 2. The number of nitrogens with zero attached hydrogens (tertiary/aromatic N) is 2. The minimum absolute atomic E-state index is 0.0462. The third-order valence-corrected chi connectivity index (χ3v) is 4.82. The van der Waals surface area contributed by atoms with Gasteiger partial charge < -0.3 is 15.0 Å². The molecule has 1 atom stereocenters. The molecule has 2 heterocycles. The van der Waals surface area contributed by atoms with E-state index in [4.69, 9.17) is 0 Å². The first-order chi connectivity index (χ1) is 12.9. The van der Waals surface area contributed by atoms with Gasteiger partial charge in [-0.15, -0.1) is 0 Å². The van der Waals surface area contributed by atoms with Crippen LogP contribution in [0.15, 0.2) is 12.1 Å². The number of esters is 1. The van der Waals surface area contributed by atoms with Gasteiger partial charge in [-0.25, -0.2) is 18.5 Å². The summed E-state index contributed by atoms with van der Waals surface area (Å²) in [6.07, 6.45) is 2.72. The largest absolute Gasteiger partial charge is 0.469 e. The van der Waals surface area contributed by atoms with Crippen LogP contribution in [0, 0.1) is 11.6 Å². The van der Waals surface area contributed by atoms with Crippen LogP contribution in [-0.4, -0.2) is 44.1 Å². The van der Waals surface area contributed by atoms with Crippen LogP contribution in [0.3, 0.4) is 0 Å². The van der Waals surface area contributed by atoms with Gasteiger partial charge in [-0.2, -0.15) is 0 Å². The molecule has 1 aromatic carbocycles. The Morgan fingerprint density at radius 3 is 2.41 bits per heavy atom. The SMILES string of the molecule is COC(=O)CC[C@H]1NC(=O)N(c2cc(F)c(N3CCCCC3)c(F)c2)C1=O. The lowest BCUT2D eigenvalue weighted by Gasteiger charge is -2.29. The number of rotatable bonds is 5. The zero-order valence-electron chi connectivity index (χ0n) is 15.0. The van der Waals surface area contributed by atoms with Crippen molar-refractivity contribution in [1.29, 1.82) is 0 Å². The first-order valence-electron chi connectivity index (χ1n) is 8.87. The zero-order chi connectivity index (χ0) is 19.6. The molecule has 0 bridgehead atoms. The van der Waals surface area contributed by atoms with E-state index in [1.54, 1.807) is 4.90 Å². The summed E-state index contributed by atoms with van der Waals surface area (Å²) in [6.45, 7) is 1.12. The van der Waals surface area contributed by atoms with Crippen LogP contribution >= 0.6 is 0 Å². The van der Waals surface area contributed by atoms with Crippen molar-refractivity contribution in [2.45, 2.75) is 38.1 Å². The van der Waals surface area contributed by atoms with Gasteiger partial charge in [0.05, 0.1) is 12.8 Å². The highest BCUT2D eigenvalue weighted by molar-refractivity contribution is 6.21. The second-order valence-electron chi connectivity index (χ2n) is 6.60. The first-order valence-corrected chi connectivity index (χ1v) is 8.87. The number of hydrogen-bond donors (Lipinski definition) is 1. The molecule has 2 aliphatic rings. The Morgan fingerprint density at radius 1 is 1.19 bits per heavy atom. The summed E-state index contributed by atoms with van der Waals surface area (Å²) in [5, 5.41) is 2.42. The molecule has 2 fully saturated rings. The average Bonchev–Trinajstić information content (AvgIpc) is 2.93. The molecule has 1 aromatic rings. The number of methoxy groups -OCH3 is 1. The number of hydrogen-bond acceptors (Lipinski definition) is 5. The molecular formula is C18H21F2N3O4. The number of carbonyl (C=O) groups is 3.